The maximum absolute atomic E-state index is 10.9. The van der Waals surface area contributed by atoms with Crippen molar-refractivity contribution in [1.82, 2.24) is 4.98 Å². The monoisotopic (exact) mass is 372 g/mol. The first-order chi connectivity index (χ1) is 9.86. The molecule has 1 N–H and O–H groups in total. The van der Waals surface area contributed by atoms with E-state index in [9.17, 15) is 14.9 Å². The number of benzene rings is 1. The summed E-state index contributed by atoms with van der Waals surface area (Å²) in [5, 5.41) is 19.6. The summed E-state index contributed by atoms with van der Waals surface area (Å²) in [7, 11) is 0. The van der Waals surface area contributed by atoms with E-state index >= 15 is 0 Å². The summed E-state index contributed by atoms with van der Waals surface area (Å²) in [6.07, 6.45) is 0. The number of carbonyl (C=O) groups is 1. The smallest absolute Gasteiger partial charge is 0.356 e. The van der Waals surface area contributed by atoms with Crippen LogP contribution in [-0.4, -0.2) is 21.0 Å². The largest absolute Gasteiger partial charge is 0.476 e. The molecule has 1 heterocycles. The molecule has 0 spiro atoms. The molecule has 0 unspecified atom stereocenters. The van der Waals surface area contributed by atoms with Crippen LogP contribution in [0.1, 0.15) is 10.5 Å². The Hall–Kier alpha value is -2.19. The Labute approximate surface area is 131 Å². The molecule has 2 aromatic rings. The lowest BCUT2D eigenvalue weighted by Gasteiger charge is -2.06. The van der Waals surface area contributed by atoms with Gasteiger partial charge >= 0.3 is 5.97 Å². The molecule has 2 rings (SSSR count). The van der Waals surface area contributed by atoms with Gasteiger partial charge in [-0.15, -0.1) is 0 Å². The van der Waals surface area contributed by atoms with E-state index in [0.29, 0.717) is 4.47 Å². The van der Waals surface area contributed by atoms with Gasteiger partial charge in [0, 0.05) is 16.6 Å². The topological polar surface area (TPSA) is 103 Å². The number of halogens is 2. The second kappa shape index (κ2) is 6.06. The number of carboxylic acids is 1. The van der Waals surface area contributed by atoms with E-state index in [1.54, 1.807) is 0 Å². The van der Waals surface area contributed by atoms with Crippen molar-refractivity contribution in [3.8, 4) is 11.6 Å². The predicted octanol–water partition coefficient (Wildman–Crippen LogP) is 3.90. The third kappa shape index (κ3) is 3.67. The van der Waals surface area contributed by atoms with E-state index in [4.69, 9.17) is 21.4 Å². The van der Waals surface area contributed by atoms with Gasteiger partial charge in [-0.05, 0) is 12.1 Å². The van der Waals surface area contributed by atoms with Gasteiger partial charge in [0.1, 0.15) is 5.75 Å². The first-order valence-electron chi connectivity index (χ1n) is 5.39. The molecule has 1 aromatic heterocycles. The first-order valence-corrected chi connectivity index (χ1v) is 6.56. The molecular weight excluding hydrogens is 367 g/mol. The number of aromatic nitrogens is 1. The quantitative estimate of drug-likeness (QED) is 0.644. The molecular formula is C12H6BrClN2O5. The highest BCUT2D eigenvalue weighted by molar-refractivity contribution is 9.10. The maximum Gasteiger partial charge on any atom is 0.356 e. The molecule has 7 nitrogen and oxygen atoms in total. The Bertz CT molecular complexity index is 738. The molecule has 9 heteroatoms. The van der Waals surface area contributed by atoms with Crippen LogP contribution < -0.4 is 4.74 Å². The Morgan fingerprint density at radius 3 is 2.71 bits per heavy atom. The highest BCUT2D eigenvalue weighted by atomic mass is 79.9. The summed E-state index contributed by atoms with van der Waals surface area (Å²) < 4.78 is 5.77. The zero-order valence-electron chi connectivity index (χ0n) is 10.1. The second-order valence-corrected chi connectivity index (χ2v) is 5.11. The summed E-state index contributed by atoms with van der Waals surface area (Å²) in [5.41, 5.74) is -0.537. The van der Waals surface area contributed by atoms with Crippen LogP contribution in [0.3, 0.4) is 0 Å². The number of pyridine rings is 1. The molecule has 0 aliphatic heterocycles. The molecule has 0 fully saturated rings. The van der Waals surface area contributed by atoms with Crippen molar-refractivity contribution in [3.05, 3.63) is 55.6 Å². The Morgan fingerprint density at radius 1 is 1.38 bits per heavy atom. The van der Waals surface area contributed by atoms with Crippen LogP contribution in [0.2, 0.25) is 5.02 Å². The van der Waals surface area contributed by atoms with Crippen LogP contribution in [0.5, 0.6) is 11.6 Å². The number of hydrogen-bond acceptors (Lipinski definition) is 5. The molecule has 0 saturated heterocycles. The number of carboxylic acid groups (broad SMARTS) is 1. The number of nitro benzene ring substituents is 1. The summed E-state index contributed by atoms with van der Waals surface area (Å²) >= 11 is 8.81. The normalized spacial score (nSPS) is 10.2. The summed E-state index contributed by atoms with van der Waals surface area (Å²) in [6, 6.07) is 6.68. The molecule has 0 aliphatic carbocycles. The fourth-order valence-electron chi connectivity index (χ4n) is 1.46. The van der Waals surface area contributed by atoms with Crippen molar-refractivity contribution < 1.29 is 19.6 Å². The zero-order valence-corrected chi connectivity index (χ0v) is 12.5. The van der Waals surface area contributed by atoms with Gasteiger partial charge < -0.3 is 9.84 Å². The number of hydrogen-bond donors (Lipinski definition) is 1. The maximum atomic E-state index is 10.9. The minimum atomic E-state index is -1.30. The van der Waals surface area contributed by atoms with Gasteiger partial charge in [-0.2, -0.15) is 0 Å². The fraction of sp³-hybridized carbons (Fsp3) is 0. The van der Waals surface area contributed by atoms with E-state index in [1.165, 1.54) is 30.3 Å². The van der Waals surface area contributed by atoms with Gasteiger partial charge in [-0.1, -0.05) is 27.5 Å². The number of aromatic carboxylic acids is 1. The number of non-ortho nitro benzene ring substituents is 1. The molecule has 0 saturated carbocycles. The minimum Gasteiger partial charge on any atom is -0.476 e. The van der Waals surface area contributed by atoms with E-state index in [2.05, 4.69) is 20.9 Å². The summed E-state index contributed by atoms with van der Waals surface area (Å²) in [5.74, 6) is -1.20. The van der Waals surface area contributed by atoms with E-state index in [0.717, 1.165) is 0 Å². The number of nitrogens with zero attached hydrogens (tertiary/aromatic N) is 2. The molecule has 1 aromatic carbocycles. The highest BCUT2D eigenvalue weighted by Gasteiger charge is 2.14. The average molecular weight is 374 g/mol. The number of rotatable bonds is 4. The molecule has 0 bridgehead atoms. The van der Waals surface area contributed by atoms with Crippen LogP contribution in [-0.2, 0) is 0 Å². The Kier molecular flexibility index (Phi) is 4.39. The first kappa shape index (κ1) is 15.2. The van der Waals surface area contributed by atoms with Crippen molar-refractivity contribution in [2.24, 2.45) is 0 Å². The van der Waals surface area contributed by atoms with Crippen molar-refractivity contribution in [2.75, 3.05) is 0 Å². The summed E-state index contributed by atoms with van der Waals surface area (Å²) in [4.78, 5) is 24.8. The number of nitro groups is 1. The lowest BCUT2D eigenvalue weighted by atomic mass is 10.3. The van der Waals surface area contributed by atoms with Crippen molar-refractivity contribution in [3.63, 3.8) is 0 Å². The van der Waals surface area contributed by atoms with Crippen LogP contribution in [0.4, 0.5) is 5.69 Å². The average Bonchev–Trinajstić information content (AvgIpc) is 2.40. The van der Waals surface area contributed by atoms with Gasteiger partial charge in [0.25, 0.3) is 5.69 Å². The Morgan fingerprint density at radius 2 is 2.10 bits per heavy atom. The van der Waals surface area contributed by atoms with Crippen molar-refractivity contribution in [2.45, 2.75) is 0 Å². The summed E-state index contributed by atoms with van der Waals surface area (Å²) in [6.45, 7) is 0. The van der Waals surface area contributed by atoms with E-state index < -0.39 is 10.9 Å². The van der Waals surface area contributed by atoms with Gasteiger partial charge in [-0.25, -0.2) is 9.78 Å². The zero-order chi connectivity index (χ0) is 15.6. The fourth-order valence-corrected chi connectivity index (χ4v) is 2.11. The third-order valence-corrected chi connectivity index (χ3v) is 3.08. The highest BCUT2D eigenvalue weighted by Crippen LogP contribution is 2.29. The van der Waals surface area contributed by atoms with E-state index in [1.807, 2.05) is 0 Å². The minimum absolute atomic E-state index is 0.0323. The van der Waals surface area contributed by atoms with Crippen LogP contribution in [0.15, 0.2) is 34.8 Å². The van der Waals surface area contributed by atoms with Crippen LogP contribution in [0, 0.1) is 10.1 Å². The second-order valence-electron chi connectivity index (χ2n) is 3.79. The van der Waals surface area contributed by atoms with Gasteiger partial charge in [0.2, 0.25) is 5.88 Å². The van der Waals surface area contributed by atoms with Crippen LogP contribution >= 0.6 is 27.5 Å². The lowest BCUT2D eigenvalue weighted by molar-refractivity contribution is -0.385. The third-order valence-electron chi connectivity index (χ3n) is 2.31. The molecule has 0 radical (unpaired) electrons. The van der Waals surface area contributed by atoms with Gasteiger partial charge in [-0.3, -0.25) is 10.1 Å². The standard InChI is InChI=1S/C12H6BrClN2O5/c13-6-3-7(16(19)20)5-8(4-6)21-10-2-1-9(14)11(15-10)12(17)18/h1-5H,(H,17,18). The predicted molar refractivity (Wildman–Crippen MR) is 77.1 cm³/mol. The molecule has 0 atom stereocenters. The van der Waals surface area contributed by atoms with Crippen LogP contribution in [0.25, 0.3) is 0 Å². The molecule has 108 valence electrons. The molecule has 0 aliphatic rings. The lowest BCUT2D eigenvalue weighted by Crippen LogP contribution is -2.02. The van der Waals surface area contributed by atoms with Gasteiger partial charge in [0.05, 0.1) is 16.0 Å². The van der Waals surface area contributed by atoms with Gasteiger partial charge in [0.15, 0.2) is 5.69 Å². The van der Waals surface area contributed by atoms with Crippen molar-refractivity contribution >= 4 is 39.2 Å². The molecule has 21 heavy (non-hydrogen) atoms. The Balaban J connectivity index is 2.36. The number of ether oxygens (including phenoxy) is 1. The van der Waals surface area contributed by atoms with Crippen molar-refractivity contribution in [1.29, 1.82) is 0 Å². The van der Waals surface area contributed by atoms with E-state index in [-0.39, 0.29) is 28.0 Å². The SMILES string of the molecule is O=C(O)c1nc(Oc2cc(Br)cc([N+](=O)[O-])c2)ccc1Cl. The molecule has 0 amide bonds.